The number of aliphatic hydroxyl groups excluding tert-OH is 1. The van der Waals surface area contributed by atoms with Crippen molar-refractivity contribution < 1.29 is 14.7 Å². The number of aliphatic hydroxyl groups is 1. The van der Waals surface area contributed by atoms with Crippen LogP contribution in [-0.4, -0.2) is 48.1 Å². The molecule has 1 aliphatic rings. The Kier molecular flexibility index (Phi) is 5.85. The SMILES string of the molecule is O=C(CN1CCCCCC1=O)NCCCO. The van der Waals surface area contributed by atoms with Crippen molar-refractivity contribution in [3.05, 3.63) is 0 Å². The molecule has 0 aromatic carbocycles. The van der Waals surface area contributed by atoms with Crippen molar-refractivity contribution >= 4 is 11.8 Å². The molecule has 5 nitrogen and oxygen atoms in total. The Labute approximate surface area is 95.8 Å². The molecule has 1 fully saturated rings. The molecule has 0 atom stereocenters. The molecule has 1 aliphatic heterocycles. The smallest absolute Gasteiger partial charge is 0.239 e. The summed E-state index contributed by atoms with van der Waals surface area (Å²) in [5.41, 5.74) is 0. The summed E-state index contributed by atoms with van der Waals surface area (Å²) in [6.45, 7) is 1.39. The summed E-state index contributed by atoms with van der Waals surface area (Å²) in [6, 6.07) is 0. The number of amides is 2. The normalized spacial score (nSPS) is 17.1. The van der Waals surface area contributed by atoms with Crippen LogP contribution in [0.25, 0.3) is 0 Å². The summed E-state index contributed by atoms with van der Waals surface area (Å²) in [4.78, 5) is 24.7. The maximum absolute atomic E-state index is 11.6. The van der Waals surface area contributed by atoms with Crippen LogP contribution in [0.1, 0.15) is 32.1 Å². The molecule has 16 heavy (non-hydrogen) atoms. The van der Waals surface area contributed by atoms with E-state index in [-0.39, 0.29) is 25.0 Å². The summed E-state index contributed by atoms with van der Waals surface area (Å²) < 4.78 is 0. The lowest BCUT2D eigenvalue weighted by molar-refractivity contribution is -0.135. The molecule has 92 valence electrons. The van der Waals surface area contributed by atoms with Crippen LogP contribution in [0.2, 0.25) is 0 Å². The number of carbonyl (C=O) groups excluding carboxylic acids is 2. The molecule has 0 unspecified atom stereocenters. The Morgan fingerprint density at radius 1 is 1.38 bits per heavy atom. The Bertz CT molecular complexity index is 243. The quantitative estimate of drug-likeness (QED) is 0.645. The molecule has 2 amide bonds. The van der Waals surface area contributed by atoms with E-state index in [0.717, 1.165) is 19.3 Å². The van der Waals surface area contributed by atoms with Gasteiger partial charge in [-0.15, -0.1) is 0 Å². The number of likely N-dealkylation sites (tertiary alicyclic amines) is 1. The molecule has 0 radical (unpaired) electrons. The summed E-state index contributed by atoms with van der Waals surface area (Å²) >= 11 is 0. The third-order valence-corrected chi connectivity index (χ3v) is 2.66. The summed E-state index contributed by atoms with van der Waals surface area (Å²) in [7, 11) is 0. The molecule has 0 saturated carbocycles. The standard InChI is InChI=1S/C11H20N2O3/c14-8-4-6-12-10(15)9-13-7-3-1-2-5-11(13)16/h14H,1-9H2,(H,12,15). The highest BCUT2D eigenvalue weighted by molar-refractivity contribution is 5.84. The topological polar surface area (TPSA) is 69.6 Å². The fourth-order valence-corrected chi connectivity index (χ4v) is 1.74. The Hall–Kier alpha value is -1.10. The minimum Gasteiger partial charge on any atom is -0.396 e. The Morgan fingerprint density at radius 2 is 2.19 bits per heavy atom. The van der Waals surface area contributed by atoms with Crippen LogP contribution in [0.3, 0.4) is 0 Å². The van der Waals surface area contributed by atoms with E-state index in [2.05, 4.69) is 5.32 Å². The van der Waals surface area contributed by atoms with Crippen molar-refractivity contribution in [2.24, 2.45) is 0 Å². The van der Waals surface area contributed by atoms with Gasteiger partial charge in [0.25, 0.3) is 0 Å². The Balaban J connectivity index is 2.27. The average molecular weight is 228 g/mol. The largest absolute Gasteiger partial charge is 0.396 e. The van der Waals surface area contributed by atoms with Crippen molar-refractivity contribution in [1.82, 2.24) is 10.2 Å². The molecule has 2 N–H and O–H groups in total. The molecule has 0 aromatic heterocycles. The van der Waals surface area contributed by atoms with Crippen LogP contribution in [0.15, 0.2) is 0 Å². The predicted molar refractivity (Wildman–Crippen MR) is 59.8 cm³/mol. The minimum atomic E-state index is -0.135. The summed E-state index contributed by atoms with van der Waals surface area (Å²) in [6.07, 6.45) is 4.09. The fourth-order valence-electron chi connectivity index (χ4n) is 1.74. The number of rotatable bonds is 5. The molecule has 0 aromatic rings. The van der Waals surface area contributed by atoms with Gasteiger partial charge >= 0.3 is 0 Å². The lowest BCUT2D eigenvalue weighted by Gasteiger charge is -2.19. The maximum Gasteiger partial charge on any atom is 0.239 e. The Morgan fingerprint density at radius 3 is 2.94 bits per heavy atom. The van der Waals surface area contributed by atoms with Gasteiger partial charge in [-0.3, -0.25) is 9.59 Å². The molecular weight excluding hydrogens is 208 g/mol. The van der Waals surface area contributed by atoms with Gasteiger partial charge in [0.1, 0.15) is 0 Å². The third kappa shape index (κ3) is 4.61. The molecular formula is C11H20N2O3. The van der Waals surface area contributed by atoms with Crippen LogP contribution in [0.4, 0.5) is 0 Å². The van der Waals surface area contributed by atoms with Gasteiger partial charge in [0, 0.05) is 26.1 Å². The second-order valence-corrected chi connectivity index (χ2v) is 4.05. The van der Waals surface area contributed by atoms with E-state index in [1.807, 2.05) is 0 Å². The molecule has 5 heteroatoms. The average Bonchev–Trinajstić information content (AvgIpc) is 2.45. The van der Waals surface area contributed by atoms with Crippen molar-refractivity contribution in [2.75, 3.05) is 26.2 Å². The summed E-state index contributed by atoms with van der Waals surface area (Å²) in [5.74, 6) is -0.0569. The molecule has 1 rings (SSSR count). The van der Waals surface area contributed by atoms with Gasteiger partial charge in [0.05, 0.1) is 6.54 Å². The fraction of sp³-hybridized carbons (Fsp3) is 0.818. The van der Waals surface area contributed by atoms with Gasteiger partial charge in [-0.2, -0.15) is 0 Å². The van der Waals surface area contributed by atoms with Gasteiger partial charge in [-0.1, -0.05) is 6.42 Å². The zero-order valence-electron chi connectivity index (χ0n) is 9.57. The lowest BCUT2D eigenvalue weighted by atomic mass is 10.2. The first-order valence-electron chi connectivity index (χ1n) is 5.89. The van der Waals surface area contributed by atoms with Gasteiger partial charge in [0.2, 0.25) is 11.8 Å². The van der Waals surface area contributed by atoms with E-state index in [4.69, 9.17) is 5.11 Å². The number of nitrogens with one attached hydrogen (secondary N) is 1. The first-order valence-corrected chi connectivity index (χ1v) is 5.89. The van der Waals surface area contributed by atoms with Crippen LogP contribution in [0.5, 0.6) is 0 Å². The summed E-state index contributed by atoms with van der Waals surface area (Å²) in [5, 5.41) is 11.2. The van der Waals surface area contributed by atoms with Crippen LogP contribution < -0.4 is 5.32 Å². The van der Waals surface area contributed by atoms with E-state index in [1.54, 1.807) is 4.90 Å². The van der Waals surface area contributed by atoms with Gasteiger partial charge in [-0.05, 0) is 19.3 Å². The zero-order valence-corrected chi connectivity index (χ0v) is 9.57. The highest BCUT2D eigenvalue weighted by Crippen LogP contribution is 2.10. The maximum atomic E-state index is 11.6. The second kappa shape index (κ2) is 7.22. The first kappa shape index (κ1) is 13.0. The van der Waals surface area contributed by atoms with E-state index in [9.17, 15) is 9.59 Å². The lowest BCUT2D eigenvalue weighted by Crippen LogP contribution is -2.40. The molecule has 1 heterocycles. The number of hydrogen-bond donors (Lipinski definition) is 2. The minimum absolute atomic E-state index is 0.0723. The molecule has 0 spiro atoms. The number of hydrogen-bond acceptors (Lipinski definition) is 3. The van der Waals surface area contributed by atoms with Crippen molar-refractivity contribution in [2.45, 2.75) is 32.1 Å². The van der Waals surface area contributed by atoms with Crippen LogP contribution >= 0.6 is 0 Å². The van der Waals surface area contributed by atoms with Gasteiger partial charge < -0.3 is 15.3 Å². The van der Waals surface area contributed by atoms with E-state index in [1.165, 1.54) is 0 Å². The monoisotopic (exact) mass is 228 g/mol. The third-order valence-electron chi connectivity index (χ3n) is 2.66. The second-order valence-electron chi connectivity index (χ2n) is 4.05. The van der Waals surface area contributed by atoms with E-state index < -0.39 is 0 Å². The van der Waals surface area contributed by atoms with Crippen LogP contribution in [-0.2, 0) is 9.59 Å². The zero-order chi connectivity index (χ0) is 11.8. The van der Waals surface area contributed by atoms with Gasteiger partial charge in [0.15, 0.2) is 0 Å². The highest BCUT2D eigenvalue weighted by Gasteiger charge is 2.18. The van der Waals surface area contributed by atoms with E-state index in [0.29, 0.717) is 25.9 Å². The van der Waals surface area contributed by atoms with Gasteiger partial charge in [-0.25, -0.2) is 0 Å². The molecule has 0 bridgehead atoms. The van der Waals surface area contributed by atoms with Crippen molar-refractivity contribution in [3.8, 4) is 0 Å². The number of carbonyl (C=O) groups is 2. The van der Waals surface area contributed by atoms with E-state index >= 15 is 0 Å². The predicted octanol–water partition coefficient (Wildman–Crippen LogP) is -0.112. The molecule has 1 saturated heterocycles. The van der Waals surface area contributed by atoms with Crippen molar-refractivity contribution in [1.29, 1.82) is 0 Å². The van der Waals surface area contributed by atoms with Crippen molar-refractivity contribution in [3.63, 3.8) is 0 Å². The van der Waals surface area contributed by atoms with Crippen LogP contribution in [0, 0.1) is 0 Å². The highest BCUT2D eigenvalue weighted by atomic mass is 16.3. The number of nitrogens with zero attached hydrogens (tertiary/aromatic N) is 1. The molecule has 0 aliphatic carbocycles. The first-order chi connectivity index (χ1) is 7.74.